The number of hydrogen-bond donors (Lipinski definition) is 1. The number of unbranched alkanes of at least 4 members (excludes halogenated alkanes) is 7. The highest BCUT2D eigenvalue weighted by molar-refractivity contribution is 5.89. The summed E-state index contributed by atoms with van der Waals surface area (Å²) in [6.45, 7) is 4.16. The summed E-state index contributed by atoms with van der Waals surface area (Å²) < 4.78 is 0. The molecule has 20 heavy (non-hydrogen) atoms. The molecule has 0 spiro atoms. The Kier molecular flexibility index (Phi) is 8.68. The fourth-order valence-electron chi connectivity index (χ4n) is 2.24. The smallest absolute Gasteiger partial charge is 0.225 e. The molecule has 0 aromatic carbocycles. The van der Waals surface area contributed by atoms with Gasteiger partial charge < -0.3 is 5.32 Å². The minimum atomic E-state index is 0.0779. The van der Waals surface area contributed by atoms with E-state index in [0.29, 0.717) is 12.2 Å². The molecule has 0 bridgehead atoms. The Morgan fingerprint density at radius 2 is 1.70 bits per heavy atom. The van der Waals surface area contributed by atoms with Crippen LogP contribution in [0, 0.1) is 6.92 Å². The van der Waals surface area contributed by atoms with E-state index in [2.05, 4.69) is 17.2 Å². The SMILES string of the molecule is CCCCCCCCCCC(=O)Nc1cccc(C)n1. The molecule has 1 heterocycles. The van der Waals surface area contributed by atoms with E-state index in [-0.39, 0.29) is 5.91 Å². The molecule has 0 aliphatic heterocycles. The fourth-order valence-corrected chi connectivity index (χ4v) is 2.24. The summed E-state index contributed by atoms with van der Waals surface area (Å²) >= 11 is 0. The van der Waals surface area contributed by atoms with Crippen LogP contribution in [0.1, 0.15) is 70.4 Å². The van der Waals surface area contributed by atoms with Crippen molar-refractivity contribution < 1.29 is 4.79 Å². The highest BCUT2D eigenvalue weighted by Gasteiger charge is 2.03. The molecule has 1 rings (SSSR count). The summed E-state index contributed by atoms with van der Waals surface area (Å²) in [6, 6.07) is 5.67. The quantitative estimate of drug-likeness (QED) is 0.620. The third-order valence-corrected chi connectivity index (χ3v) is 3.41. The van der Waals surface area contributed by atoms with Gasteiger partial charge in [0.15, 0.2) is 0 Å². The number of rotatable bonds is 10. The number of amides is 1. The van der Waals surface area contributed by atoms with Crippen LogP contribution in [0.2, 0.25) is 0 Å². The van der Waals surface area contributed by atoms with Gasteiger partial charge in [-0.1, -0.05) is 57.9 Å². The van der Waals surface area contributed by atoms with Gasteiger partial charge in [-0.15, -0.1) is 0 Å². The lowest BCUT2D eigenvalue weighted by Gasteiger charge is -2.05. The molecule has 1 aromatic heterocycles. The van der Waals surface area contributed by atoms with Gasteiger partial charge in [-0.3, -0.25) is 4.79 Å². The van der Waals surface area contributed by atoms with E-state index in [1.54, 1.807) is 0 Å². The van der Waals surface area contributed by atoms with E-state index in [1.165, 1.54) is 38.5 Å². The molecule has 0 radical (unpaired) electrons. The van der Waals surface area contributed by atoms with Gasteiger partial charge in [0.05, 0.1) is 0 Å². The Bertz CT molecular complexity index is 390. The molecule has 0 saturated carbocycles. The van der Waals surface area contributed by atoms with Gasteiger partial charge in [0.25, 0.3) is 0 Å². The van der Waals surface area contributed by atoms with Crippen LogP contribution in [0.25, 0.3) is 0 Å². The Labute approximate surface area is 123 Å². The maximum absolute atomic E-state index is 11.7. The van der Waals surface area contributed by atoms with Crippen LogP contribution in [0.15, 0.2) is 18.2 Å². The Balaban J connectivity index is 2.03. The summed E-state index contributed by atoms with van der Waals surface area (Å²) in [5, 5.41) is 2.85. The van der Waals surface area contributed by atoms with E-state index in [0.717, 1.165) is 18.5 Å². The Morgan fingerprint density at radius 3 is 2.35 bits per heavy atom. The summed E-state index contributed by atoms with van der Waals surface area (Å²) in [6.07, 6.45) is 10.6. The second-order valence-electron chi connectivity index (χ2n) is 5.44. The minimum absolute atomic E-state index is 0.0779. The van der Waals surface area contributed by atoms with E-state index < -0.39 is 0 Å². The first-order chi connectivity index (χ1) is 9.72. The van der Waals surface area contributed by atoms with Crippen LogP contribution < -0.4 is 5.32 Å². The summed E-state index contributed by atoms with van der Waals surface area (Å²) in [5.74, 6) is 0.739. The molecule has 1 N–H and O–H groups in total. The number of anilines is 1. The molecule has 0 unspecified atom stereocenters. The molecule has 0 atom stereocenters. The van der Waals surface area contributed by atoms with Crippen LogP contribution in [-0.4, -0.2) is 10.9 Å². The van der Waals surface area contributed by atoms with Gasteiger partial charge in [-0.05, 0) is 25.5 Å². The molecule has 3 heteroatoms. The standard InChI is InChI=1S/C17H28N2O/c1-3-4-5-6-7-8-9-10-14-17(20)19-16-13-11-12-15(2)18-16/h11-13H,3-10,14H2,1-2H3,(H,18,19,20). The third kappa shape index (κ3) is 7.93. The molecule has 0 aliphatic rings. The maximum Gasteiger partial charge on any atom is 0.225 e. The molecule has 112 valence electrons. The van der Waals surface area contributed by atoms with Crippen molar-refractivity contribution in [1.29, 1.82) is 0 Å². The highest BCUT2D eigenvalue weighted by atomic mass is 16.1. The van der Waals surface area contributed by atoms with Crippen LogP contribution >= 0.6 is 0 Å². The first-order valence-electron chi connectivity index (χ1n) is 7.96. The van der Waals surface area contributed by atoms with Crippen LogP contribution in [0.5, 0.6) is 0 Å². The van der Waals surface area contributed by atoms with Crippen LogP contribution in [0.4, 0.5) is 5.82 Å². The second kappa shape index (κ2) is 10.4. The number of carbonyl (C=O) groups is 1. The molecule has 0 fully saturated rings. The summed E-state index contributed by atoms with van der Waals surface area (Å²) in [5.41, 5.74) is 0.926. The molecule has 1 aromatic rings. The van der Waals surface area contributed by atoms with Crippen molar-refractivity contribution in [2.24, 2.45) is 0 Å². The van der Waals surface area contributed by atoms with Gasteiger partial charge in [0, 0.05) is 12.1 Å². The first kappa shape index (κ1) is 16.7. The lowest BCUT2D eigenvalue weighted by atomic mass is 10.1. The van der Waals surface area contributed by atoms with Crippen molar-refractivity contribution in [3.63, 3.8) is 0 Å². The van der Waals surface area contributed by atoms with Crippen molar-refractivity contribution >= 4 is 11.7 Å². The van der Waals surface area contributed by atoms with Gasteiger partial charge in [-0.25, -0.2) is 4.98 Å². The molecule has 3 nitrogen and oxygen atoms in total. The highest BCUT2D eigenvalue weighted by Crippen LogP contribution is 2.10. The Morgan fingerprint density at radius 1 is 1.05 bits per heavy atom. The monoisotopic (exact) mass is 276 g/mol. The average molecular weight is 276 g/mol. The van der Waals surface area contributed by atoms with Crippen LogP contribution in [-0.2, 0) is 4.79 Å². The summed E-state index contributed by atoms with van der Waals surface area (Å²) in [4.78, 5) is 16.0. The predicted molar refractivity (Wildman–Crippen MR) is 84.8 cm³/mol. The number of nitrogens with zero attached hydrogens (tertiary/aromatic N) is 1. The van der Waals surface area contributed by atoms with Gasteiger partial charge in [0.2, 0.25) is 5.91 Å². The van der Waals surface area contributed by atoms with Gasteiger partial charge in [-0.2, -0.15) is 0 Å². The van der Waals surface area contributed by atoms with Crippen LogP contribution in [0.3, 0.4) is 0 Å². The first-order valence-corrected chi connectivity index (χ1v) is 7.96. The molecule has 0 saturated heterocycles. The lowest BCUT2D eigenvalue weighted by Crippen LogP contribution is -2.12. The van der Waals surface area contributed by atoms with Crippen molar-refractivity contribution in [3.05, 3.63) is 23.9 Å². The van der Waals surface area contributed by atoms with Crippen molar-refractivity contribution in [2.75, 3.05) is 5.32 Å². The zero-order valence-electron chi connectivity index (χ0n) is 13.0. The molecular formula is C17H28N2O. The van der Waals surface area contributed by atoms with E-state index in [9.17, 15) is 4.79 Å². The number of hydrogen-bond acceptors (Lipinski definition) is 2. The van der Waals surface area contributed by atoms with E-state index >= 15 is 0 Å². The Hall–Kier alpha value is -1.38. The normalized spacial score (nSPS) is 10.5. The lowest BCUT2D eigenvalue weighted by molar-refractivity contribution is -0.116. The number of aryl methyl sites for hydroxylation is 1. The van der Waals surface area contributed by atoms with E-state index in [1.807, 2.05) is 25.1 Å². The largest absolute Gasteiger partial charge is 0.311 e. The predicted octanol–water partition coefficient (Wildman–Crippen LogP) is 4.86. The third-order valence-electron chi connectivity index (χ3n) is 3.41. The number of aromatic nitrogens is 1. The van der Waals surface area contributed by atoms with E-state index in [4.69, 9.17) is 0 Å². The zero-order chi connectivity index (χ0) is 14.6. The summed E-state index contributed by atoms with van der Waals surface area (Å²) in [7, 11) is 0. The van der Waals surface area contributed by atoms with Crippen molar-refractivity contribution in [3.8, 4) is 0 Å². The number of pyridine rings is 1. The molecular weight excluding hydrogens is 248 g/mol. The van der Waals surface area contributed by atoms with Gasteiger partial charge >= 0.3 is 0 Å². The fraction of sp³-hybridized carbons (Fsp3) is 0.647. The minimum Gasteiger partial charge on any atom is -0.311 e. The van der Waals surface area contributed by atoms with Gasteiger partial charge in [0.1, 0.15) is 5.82 Å². The maximum atomic E-state index is 11.7. The molecule has 0 aliphatic carbocycles. The molecule has 1 amide bonds. The average Bonchev–Trinajstić information content (AvgIpc) is 2.42. The topological polar surface area (TPSA) is 42.0 Å². The number of nitrogens with one attached hydrogen (secondary N) is 1. The zero-order valence-corrected chi connectivity index (χ0v) is 13.0. The second-order valence-corrected chi connectivity index (χ2v) is 5.44. The van der Waals surface area contributed by atoms with Crippen molar-refractivity contribution in [2.45, 2.75) is 71.6 Å². The van der Waals surface area contributed by atoms with Crippen molar-refractivity contribution in [1.82, 2.24) is 4.98 Å². The number of carbonyl (C=O) groups excluding carboxylic acids is 1.